The van der Waals surface area contributed by atoms with E-state index < -0.39 is 0 Å². The van der Waals surface area contributed by atoms with Gasteiger partial charge in [-0.3, -0.25) is 4.90 Å². The number of fused-ring (bicyclic) bond motifs is 2. The fourth-order valence-electron chi connectivity index (χ4n) is 5.01. The number of aromatic amines is 1. The van der Waals surface area contributed by atoms with Crippen LogP contribution in [0.15, 0.2) is 60.8 Å². The summed E-state index contributed by atoms with van der Waals surface area (Å²) in [5.74, 6) is 2.05. The fraction of sp³-hybridized carbons (Fsp3) is 0.308. The maximum atomic E-state index is 5.07. The Labute approximate surface area is 182 Å². The number of piperazine rings is 1. The zero-order valence-corrected chi connectivity index (χ0v) is 17.7. The van der Waals surface area contributed by atoms with Gasteiger partial charge in [-0.2, -0.15) is 0 Å². The van der Waals surface area contributed by atoms with Gasteiger partial charge >= 0.3 is 0 Å². The molecule has 1 N–H and O–H groups in total. The molecule has 0 bridgehead atoms. The van der Waals surface area contributed by atoms with Crippen molar-refractivity contribution in [2.45, 2.75) is 25.8 Å². The van der Waals surface area contributed by atoms with Gasteiger partial charge in [-0.15, -0.1) is 0 Å². The Bertz CT molecular complexity index is 1210. The summed E-state index contributed by atoms with van der Waals surface area (Å²) in [5.41, 5.74) is 6.35. The Morgan fingerprint density at radius 2 is 1.65 bits per heavy atom. The lowest BCUT2D eigenvalue weighted by Crippen LogP contribution is -2.46. The average Bonchev–Trinajstić information content (AvgIpc) is 3.47. The lowest BCUT2D eigenvalue weighted by atomic mass is 10.1. The third-order valence-corrected chi connectivity index (χ3v) is 6.68. The number of H-pyrrole nitrogens is 1. The monoisotopic (exact) mass is 409 g/mol. The van der Waals surface area contributed by atoms with Crippen LogP contribution in [0.2, 0.25) is 0 Å². The van der Waals surface area contributed by atoms with E-state index in [2.05, 4.69) is 69.5 Å². The summed E-state index contributed by atoms with van der Waals surface area (Å²) in [6, 6.07) is 19.0. The molecule has 0 amide bonds. The first-order valence-corrected chi connectivity index (χ1v) is 11.3. The Kier molecular flexibility index (Phi) is 4.69. The number of hydrogen-bond donors (Lipinski definition) is 1. The molecule has 0 saturated carbocycles. The van der Waals surface area contributed by atoms with Gasteiger partial charge in [0.2, 0.25) is 0 Å². The van der Waals surface area contributed by atoms with Gasteiger partial charge in [0, 0.05) is 66.6 Å². The summed E-state index contributed by atoms with van der Waals surface area (Å²) in [6.07, 6.45) is 5.54. The van der Waals surface area contributed by atoms with E-state index in [0.717, 1.165) is 57.0 Å². The first kappa shape index (κ1) is 18.6. The predicted molar refractivity (Wildman–Crippen MR) is 125 cm³/mol. The van der Waals surface area contributed by atoms with Gasteiger partial charge in [0.25, 0.3) is 0 Å². The van der Waals surface area contributed by atoms with E-state index >= 15 is 0 Å². The second kappa shape index (κ2) is 7.82. The van der Waals surface area contributed by atoms with E-state index in [9.17, 15) is 0 Å². The van der Waals surface area contributed by atoms with Gasteiger partial charge in [0.05, 0.1) is 0 Å². The molecular weight excluding hydrogens is 382 g/mol. The van der Waals surface area contributed by atoms with Crippen LogP contribution in [0.25, 0.3) is 22.3 Å². The molecule has 6 rings (SSSR count). The number of rotatable bonds is 4. The lowest BCUT2D eigenvalue weighted by molar-refractivity contribution is 0.250. The topological polar surface area (TPSA) is 48.1 Å². The number of anilines is 1. The number of nitrogens with one attached hydrogen (secondary N) is 1. The third-order valence-electron chi connectivity index (χ3n) is 6.68. The molecule has 5 heteroatoms. The summed E-state index contributed by atoms with van der Waals surface area (Å²) in [4.78, 5) is 18.5. The maximum absolute atomic E-state index is 5.07. The molecule has 1 aliphatic carbocycles. The van der Waals surface area contributed by atoms with Gasteiger partial charge in [-0.05, 0) is 30.9 Å². The second-order valence-corrected chi connectivity index (χ2v) is 8.64. The molecule has 1 fully saturated rings. The molecule has 2 aromatic heterocycles. The molecule has 3 heterocycles. The van der Waals surface area contributed by atoms with Crippen molar-refractivity contribution in [3.63, 3.8) is 0 Å². The molecule has 0 unspecified atom stereocenters. The third kappa shape index (κ3) is 3.49. The van der Waals surface area contributed by atoms with Gasteiger partial charge in [0.15, 0.2) is 5.82 Å². The van der Waals surface area contributed by atoms with E-state index in [0.29, 0.717) is 0 Å². The highest BCUT2D eigenvalue weighted by Gasteiger charge is 2.26. The minimum Gasteiger partial charge on any atom is -0.361 e. The molecule has 0 spiro atoms. The van der Waals surface area contributed by atoms with E-state index in [1.54, 1.807) is 0 Å². The summed E-state index contributed by atoms with van der Waals surface area (Å²) in [7, 11) is 0. The number of hydrogen-bond acceptors (Lipinski definition) is 4. The van der Waals surface area contributed by atoms with E-state index in [1.165, 1.54) is 40.0 Å². The van der Waals surface area contributed by atoms with Gasteiger partial charge in [-0.25, -0.2) is 9.97 Å². The van der Waals surface area contributed by atoms with Crippen molar-refractivity contribution in [3.8, 4) is 11.4 Å². The van der Waals surface area contributed by atoms with Gasteiger partial charge in [-0.1, -0.05) is 48.5 Å². The van der Waals surface area contributed by atoms with Crippen molar-refractivity contribution >= 4 is 16.7 Å². The predicted octanol–water partition coefficient (Wildman–Crippen LogP) is 4.44. The molecule has 5 nitrogen and oxygen atoms in total. The van der Waals surface area contributed by atoms with Crippen LogP contribution >= 0.6 is 0 Å². The van der Waals surface area contributed by atoms with Crippen molar-refractivity contribution in [1.29, 1.82) is 0 Å². The van der Waals surface area contributed by atoms with Crippen molar-refractivity contribution in [1.82, 2.24) is 19.9 Å². The van der Waals surface area contributed by atoms with Crippen molar-refractivity contribution < 1.29 is 0 Å². The number of para-hydroxylation sites is 1. The summed E-state index contributed by atoms with van der Waals surface area (Å²) in [6.45, 7) is 5.13. The SMILES string of the molecule is c1ccc(-c2nc3c(c(N4CCN(Cc5c[nH]c6ccccc56)CC4)n2)CCC3)cc1. The summed E-state index contributed by atoms with van der Waals surface area (Å²) in [5, 5.41) is 1.34. The normalized spacial score (nSPS) is 16.7. The highest BCUT2D eigenvalue weighted by atomic mass is 15.3. The molecule has 4 aromatic rings. The molecule has 2 aromatic carbocycles. The minimum atomic E-state index is 0.873. The molecular formula is C26H27N5. The number of benzene rings is 2. The van der Waals surface area contributed by atoms with Gasteiger partial charge in [0.1, 0.15) is 5.82 Å². The van der Waals surface area contributed by atoms with Crippen LogP contribution in [0, 0.1) is 0 Å². The Morgan fingerprint density at radius 1 is 0.839 bits per heavy atom. The Hall–Kier alpha value is -3.18. The molecule has 156 valence electrons. The van der Waals surface area contributed by atoms with Crippen LogP contribution in [0.5, 0.6) is 0 Å². The second-order valence-electron chi connectivity index (χ2n) is 8.64. The lowest BCUT2D eigenvalue weighted by Gasteiger charge is -2.36. The van der Waals surface area contributed by atoms with Crippen molar-refractivity contribution in [2.75, 3.05) is 31.1 Å². The summed E-state index contributed by atoms with van der Waals surface area (Å²) >= 11 is 0. The standard InChI is InChI=1S/C26H27N5/c1-2-7-19(8-3-1)25-28-24-12-6-10-22(24)26(29-25)31-15-13-30(14-16-31)18-20-17-27-23-11-5-4-9-21(20)23/h1-5,7-9,11,17,27H,6,10,12-16,18H2. The molecule has 31 heavy (non-hydrogen) atoms. The van der Waals surface area contributed by atoms with Crippen LogP contribution in [0.1, 0.15) is 23.2 Å². The van der Waals surface area contributed by atoms with E-state index in [-0.39, 0.29) is 0 Å². The maximum Gasteiger partial charge on any atom is 0.161 e. The zero-order chi connectivity index (χ0) is 20.6. The molecule has 0 atom stereocenters. The number of aryl methyl sites for hydroxylation is 1. The zero-order valence-electron chi connectivity index (χ0n) is 17.7. The first-order chi connectivity index (χ1) is 15.3. The highest BCUT2D eigenvalue weighted by Crippen LogP contribution is 2.32. The van der Waals surface area contributed by atoms with Crippen LogP contribution in [0.4, 0.5) is 5.82 Å². The van der Waals surface area contributed by atoms with Crippen molar-refractivity contribution in [3.05, 3.63) is 77.6 Å². The quantitative estimate of drug-likeness (QED) is 0.542. The Balaban J connectivity index is 1.22. The smallest absolute Gasteiger partial charge is 0.161 e. The van der Waals surface area contributed by atoms with E-state index in [1.807, 2.05) is 6.07 Å². The number of aromatic nitrogens is 3. The minimum absolute atomic E-state index is 0.873. The van der Waals surface area contributed by atoms with Crippen LogP contribution in [-0.4, -0.2) is 46.0 Å². The molecule has 0 radical (unpaired) electrons. The van der Waals surface area contributed by atoms with Crippen LogP contribution in [0.3, 0.4) is 0 Å². The largest absolute Gasteiger partial charge is 0.361 e. The Morgan fingerprint density at radius 3 is 2.52 bits per heavy atom. The van der Waals surface area contributed by atoms with Crippen molar-refractivity contribution in [2.24, 2.45) is 0 Å². The number of nitrogens with zero attached hydrogens (tertiary/aromatic N) is 4. The molecule has 1 saturated heterocycles. The van der Waals surface area contributed by atoms with Gasteiger partial charge < -0.3 is 9.88 Å². The fourth-order valence-corrected chi connectivity index (χ4v) is 5.01. The summed E-state index contributed by atoms with van der Waals surface area (Å²) < 4.78 is 0. The highest BCUT2D eigenvalue weighted by molar-refractivity contribution is 5.83. The first-order valence-electron chi connectivity index (χ1n) is 11.3. The average molecular weight is 410 g/mol. The van der Waals surface area contributed by atoms with Crippen LogP contribution in [-0.2, 0) is 19.4 Å². The molecule has 1 aliphatic heterocycles. The van der Waals surface area contributed by atoms with E-state index in [4.69, 9.17) is 9.97 Å². The van der Waals surface area contributed by atoms with Crippen LogP contribution < -0.4 is 4.90 Å². The molecule has 2 aliphatic rings.